The third-order valence-electron chi connectivity index (χ3n) is 4.83. The minimum Gasteiger partial charge on any atom is -0.362 e. The summed E-state index contributed by atoms with van der Waals surface area (Å²) < 4.78 is 0. The molecule has 1 aromatic heterocycles. The van der Waals surface area contributed by atoms with Crippen LogP contribution >= 0.6 is 12.2 Å². The van der Waals surface area contributed by atoms with Crippen LogP contribution in [0.4, 0.5) is 5.69 Å². The van der Waals surface area contributed by atoms with Gasteiger partial charge < -0.3 is 20.9 Å². The van der Waals surface area contributed by atoms with Gasteiger partial charge in [0.05, 0.1) is 0 Å². The first-order chi connectivity index (χ1) is 12.1. The van der Waals surface area contributed by atoms with E-state index in [1.165, 1.54) is 35.0 Å². The lowest BCUT2D eigenvalue weighted by Gasteiger charge is -2.25. The van der Waals surface area contributed by atoms with Crippen LogP contribution in [-0.4, -0.2) is 28.7 Å². The van der Waals surface area contributed by atoms with E-state index in [4.69, 9.17) is 12.2 Å². The van der Waals surface area contributed by atoms with Crippen molar-refractivity contribution in [3.63, 3.8) is 0 Å². The quantitative estimate of drug-likeness (QED) is 0.464. The lowest BCUT2D eigenvalue weighted by molar-refractivity contribution is 0.421. The fourth-order valence-electron chi connectivity index (χ4n) is 3.66. The van der Waals surface area contributed by atoms with Crippen LogP contribution in [-0.2, 0) is 12.8 Å². The minimum absolute atomic E-state index is 0.528. The van der Waals surface area contributed by atoms with E-state index < -0.39 is 0 Å². The van der Waals surface area contributed by atoms with E-state index in [1.807, 2.05) is 0 Å². The van der Waals surface area contributed by atoms with Gasteiger partial charge in [0, 0.05) is 40.9 Å². The maximum Gasteiger partial charge on any atom is 0.170 e. The predicted molar refractivity (Wildman–Crippen MR) is 112 cm³/mol. The van der Waals surface area contributed by atoms with Gasteiger partial charge >= 0.3 is 0 Å². The number of H-pyrrole nitrogens is 1. The molecule has 0 fully saturated rings. The molecule has 1 aliphatic rings. The van der Waals surface area contributed by atoms with Crippen molar-refractivity contribution in [2.75, 3.05) is 11.9 Å². The topological polar surface area (TPSA) is 51.9 Å². The van der Waals surface area contributed by atoms with Crippen LogP contribution in [0.3, 0.4) is 0 Å². The maximum absolute atomic E-state index is 5.40. The molecule has 25 heavy (non-hydrogen) atoms. The molecule has 0 aliphatic heterocycles. The summed E-state index contributed by atoms with van der Waals surface area (Å²) in [5.74, 6) is 0. The van der Waals surface area contributed by atoms with Crippen molar-refractivity contribution in [1.82, 2.24) is 15.6 Å². The third kappa shape index (κ3) is 4.53. The van der Waals surface area contributed by atoms with Crippen molar-refractivity contribution in [2.24, 2.45) is 0 Å². The Morgan fingerprint density at radius 3 is 2.96 bits per heavy atom. The number of thiocarbonyl (C=S) groups is 1. The molecule has 2 aromatic rings. The second kappa shape index (κ2) is 8.19. The molecule has 1 aliphatic carbocycles. The number of rotatable bonds is 6. The number of benzene rings is 1. The highest BCUT2D eigenvalue weighted by molar-refractivity contribution is 7.80. The maximum atomic E-state index is 5.40. The number of hydrogen-bond donors (Lipinski definition) is 4. The molecule has 0 bridgehead atoms. The van der Waals surface area contributed by atoms with Crippen LogP contribution in [0.15, 0.2) is 18.2 Å². The van der Waals surface area contributed by atoms with E-state index in [1.54, 1.807) is 0 Å². The van der Waals surface area contributed by atoms with E-state index in [9.17, 15) is 0 Å². The molecule has 4 N–H and O–H groups in total. The number of aromatic amines is 1. The van der Waals surface area contributed by atoms with Crippen LogP contribution in [0.1, 0.15) is 51.3 Å². The van der Waals surface area contributed by atoms with E-state index in [0.717, 1.165) is 31.5 Å². The molecular formula is C20H30N4S. The zero-order valence-electron chi connectivity index (χ0n) is 15.5. The van der Waals surface area contributed by atoms with Gasteiger partial charge in [-0.1, -0.05) is 27.2 Å². The largest absolute Gasteiger partial charge is 0.362 e. The zero-order chi connectivity index (χ0) is 17.8. The molecule has 136 valence electrons. The molecule has 0 saturated heterocycles. The van der Waals surface area contributed by atoms with Crippen LogP contribution < -0.4 is 16.0 Å². The number of aromatic nitrogens is 1. The summed E-state index contributed by atoms with van der Waals surface area (Å²) in [5.41, 5.74) is 5.15. The lowest BCUT2D eigenvalue weighted by Crippen LogP contribution is -2.38. The number of hydrogen-bond acceptors (Lipinski definition) is 2. The average Bonchev–Trinajstić information content (AvgIpc) is 2.92. The molecule has 0 radical (unpaired) electrons. The highest BCUT2D eigenvalue weighted by atomic mass is 32.1. The van der Waals surface area contributed by atoms with Gasteiger partial charge in [0.25, 0.3) is 0 Å². The van der Waals surface area contributed by atoms with Crippen molar-refractivity contribution < 1.29 is 0 Å². The van der Waals surface area contributed by atoms with Gasteiger partial charge in [-0.05, 0) is 61.7 Å². The second-order valence-electron chi connectivity index (χ2n) is 7.34. The van der Waals surface area contributed by atoms with Crippen molar-refractivity contribution in [1.29, 1.82) is 0 Å². The lowest BCUT2D eigenvalue weighted by atomic mass is 9.91. The van der Waals surface area contributed by atoms with Gasteiger partial charge in [-0.15, -0.1) is 0 Å². The Balaban J connectivity index is 1.75. The Hall–Kier alpha value is -1.59. The SMILES string of the molecule is CCCCNC(=S)Nc1ccc2[nH]c3c(c2c1)CC(NC(C)C)CC3. The minimum atomic E-state index is 0.528. The van der Waals surface area contributed by atoms with Crippen LogP contribution in [0.25, 0.3) is 10.9 Å². The first-order valence-corrected chi connectivity index (χ1v) is 9.92. The van der Waals surface area contributed by atoms with E-state index in [2.05, 4.69) is 59.9 Å². The van der Waals surface area contributed by atoms with Gasteiger partial charge in [-0.3, -0.25) is 0 Å². The predicted octanol–water partition coefficient (Wildman–Crippen LogP) is 4.11. The summed E-state index contributed by atoms with van der Waals surface area (Å²) >= 11 is 5.40. The van der Waals surface area contributed by atoms with Crippen LogP contribution in [0.5, 0.6) is 0 Å². The van der Waals surface area contributed by atoms with Crippen LogP contribution in [0.2, 0.25) is 0 Å². The number of anilines is 1. The molecule has 0 amide bonds. The number of unbranched alkanes of at least 4 members (excludes halogenated alkanes) is 1. The molecule has 5 heteroatoms. The molecule has 1 unspecified atom stereocenters. The first kappa shape index (κ1) is 18.2. The fraction of sp³-hybridized carbons (Fsp3) is 0.550. The number of aryl methyl sites for hydroxylation is 1. The average molecular weight is 359 g/mol. The molecule has 0 spiro atoms. The summed E-state index contributed by atoms with van der Waals surface area (Å²) in [6.07, 6.45) is 5.72. The highest BCUT2D eigenvalue weighted by Crippen LogP contribution is 2.31. The van der Waals surface area contributed by atoms with Crippen molar-refractivity contribution in [2.45, 2.75) is 65.0 Å². The van der Waals surface area contributed by atoms with Gasteiger partial charge in [0.15, 0.2) is 5.11 Å². The monoisotopic (exact) mass is 358 g/mol. The number of nitrogens with one attached hydrogen (secondary N) is 4. The van der Waals surface area contributed by atoms with Gasteiger partial charge in [0.1, 0.15) is 0 Å². The summed E-state index contributed by atoms with van der Waals surface area (Å²) in [7, 11) is 0. The molecule has 1 atom stereocenters. The van der Waals surface area contributed by atoms with E-state index in [-0.39, 0.29) is 0 Å². The molecule has 1 aromatic carbocycles. The molecular weight excluding hydrogens is 328 g/mol. The molecule has 0 saturated carbocycles. The summed E-state index contributed by atoms with van der Waals surface area (Å²) in [4.78, 5) is 3.61. The number of fused-ring (bicyclic) bond motifs is 3. The molecule has 3 rings (SSSR count). The van der Waals surface area contributed by atoms with Gasteiger partial charge in [-0.2, -0.15) is 0 Å². The first-order valence-electron chi connectivity index (χ1n) is 9.51. The second-order valence-corrected chi connectivity index (χ2v) is 7.75. The molecule has 1 heterocycles. The highest BCUT2D eigenvalue weighted by Gasteiger charge is 2.22. The summed E-state index contributed by atoms with van der Waals surface area (Å²) in [6, 6.07) is 7.59. The Labute approximate surface area is 156 Å². The Bertz CT molecular complexity index is 735. The molecule has 4 nitrogen and oxygen atoms in total. The summed E-state index contributed by atoms with van der Waals surface area (Å²) in [5, 5.41) is 12.3. The van der Waals surface area contributed by atoms with Crippen molar-refractivity contribution >= 4 is 33.9 Å². The van der Waals surface area contributed by atoms with Crippen molar-refractivity contribution in [3.8, 4) is 0 Å². The smallest absolute Gasteiger partial charge is 0.170 e. The Morgan fingerprint density at radius 1 is 1.36 bits per heavy atom. The standard InChI is InChI=1S/C20H30N4S/c1-4-5-10-21-20(25)23-15-7-9-19-17(12-15)16-11-14(22-13(2)3)6-8-18(16)24-19/h7,9,12-14,22,24H,4-6,8,10-11H2,1-3H3,(H2,21,23,25). The van der Waals surface area contributed by atoms with Crippen molar-refractivity contribution in [3.05, 3.63) is 29.5 Å². The summed E-state index contributed by atoms with van der Waals surface area (Å²) in [6.45, 7) is 7.55. The Morgan fingerprint density at radius 2 is 2.20 bits per heavy atom. The van der Waals surface area contributed by atoms with Gasteiger partial charge in [-0.25, -0.2) is 0 Å². The van der Waals surface area contributed by atoms with Gasteiger partial charge in [0.2, 0.25) is 0 Å². The Kier molecular flexibility index (Phi) is 5.97. The van der Waals surface area contributed by atoms with Crippen LogP contribution in [0, 0.1) is 0 Å². The fourth-order valence-corrected chi connectivity index (χ4v) is 3.88. The van der Waals surface area contributed by atoms with E-state index >= 15 is 0 Å². The van der Waals surface area contributed by atoms with E-state index in [0.29, 0.717) is 17.2 Å². The third-order valence-corrected chi connectivity index (χ3v) is 5.08. The normalized spacial score (nSPS) is 16.9. The zero-order valence-corrected chi connectivity index (χ0v) is 16.4.